The van der Waals surface area contributed by atoms with E-state index in [0.29, 0.717) is 5.82 Å². The third kappa shape index (κ3) is 4.11. The maximum Gasteiger partial charge on any atom is 0.160 e. The number of para-hydroxylation sites is 1. The van der Waals surface area contributed by atoms with Crippen molar-refractivity contribution < 1.29 is 4.74 Å². The highest BCUT2D eigenvalue weighted by molar-refractivity contribution is 7.25. The Bertz CT molecular complexity index is 2740. The fourth-order valence-corrected chi connectivity index (χ4v) is 9.89. The molecule has 0 atom stereocenters. The van der Waals surface area contributed by atoms with E-state index in [-0.39, 0.29) is 0 Å². The molecule has 11 rings (SSSR count). The Kier molecular flexibility index (Phi) is 6.16. The third-order valence-corrected chi connectivity index (χ3v) is 12.0. The summed E-state index contributed by atoms with van der Waals surface area (Å²) in [4.78, 5) is 10.5. The number of rotatable bonds is 3. The predicted molar refractivity (Wildman–Crippen MR) is 209 cm³/mol. The van der Waals surface area contributed by atoms with Gasteiger partial charge in [-0.2, -0.15) is 0 Å². The van der Waals surface area contributed by atoms with Gasteiger partial charge in [0.2, 0.25) is 0 Å². The van der Waals surface area contributed by atoms with E-state index in [9.17, 15) is 0 Å². The first-order valence-electron chi connectivity index (χ1n) is 17.5. The standard InChI is InChI=1S/C47H30N2OS/c1-2-13-29(14-3-1)46-48-40(30-25-26-34-33-17-6-11-24-43(33)51-44(34)27-30)28-41(49-46)35-18-12-22-39-45(35)50-42-23-10-9-21-38(42)47(39)36-19-7-4-15-31(36)32-16-5-8-20-37(32)47/h1-11,13-21,23-28H,12,22H2. The Morgan fingerprint density at radius 1 is 0.549 bits per heavy atom. The van der Waals surface area contributed by atoms with E-state index >= 15 is 0 Å². The molecule has 0 bridgehead atoms. The molecule has 0 saturated carbocycles. The molecule has 51 heavy (non-hydrogen) atoms. The Morgan fingerprint density at radius 3 is 2.04 bits per heavy atom. The van der Waals surface area contributed by atoms with Gasteiger partial charge in [0.25, 0.3) is 0 Å². The Labute approximate surface area is 299 Å². The number of nitrogens with zero attached hydrogens (tertiary/aromatic N) is 2. The second-order valence-corrected chi connectivity index (χ2v) is 14.6. The number of hydrogen-bond acceptors (Lipinski definition) is 4. The maximum atomic E-state index is 7.05. The molecule has 6 aromatic carbocycles. The minimum absolute atomic E-state index is 0.457. The zero-order valence-electron chi connectivity index (χ0n) is 27.6. The Balaban J connectivity index is 1.15. The van der Waals surface area contributed by atoms with Crippen LogP contribution >= 0.6 is 11.3 Å². The molecule has 3 aliphatic rings. The SMILES string of the molecule is C1=C(c2cc(-c3ccc4c(c3)sc3ccccc34)nc(-c3ccccc3)n2)C2=C(CC1)C1(c3ccccc3O2)c2ccccc2-c2ccccc21. The van der Waals surface area contributed by atoms with E-state index in [1.807, 2.05) is 17.4 Å². The van der Waals surface area contributed by atoms with Gasteiger partial charge < -0.3 is 4.74 Å². The lowest BCUT2D eigenvalue weighted by Gasteiger charge is -2.42. The highest BCUT2D eigenvalue weighted by atomic mass is 32.1. The van der Waals surface area contributed by atoms with E-state index in [2.05, 4.69) is 152 Å². The van der Waals surface area contributed by atoms with Crippen molar-refractivity contribution in [2.75, 3.05) is 0 Å². The second-order valence-electron chi connectivity index (χ2n) is 13.5. The van der Waals surface area contributed by atoms with Gasteiger partial charge >= 0.3 is 0 Å². The minimum atomic E-state index is -0.457. The lowest BCUT2D eigenvalue weighted by molar-refractivity contribution is 0.393. The first-order chi connectivity index (χ1) is 25.3. The molecule has 1 spiro atoms. The summed E-state index contributed by atoms with van der Waals surface area (Å²) < 4.78 is 9.60. The van der Waals surface area contributed by atoms with Crippen molar-refractivity contribution in [2.24, 2.45) is 0 Å². The van der Waals surface area contributed by atoms with Gasteiger partial charge in [0.1, 0.15) is 11.5 Å². The van der Waals surface area contributed by atoms with E-state index in [1.54, 1.807) is 0 Å². The third-order valence-electron chi connectivity index (χ3n) is 10.9. The van der Waals surface area contributed by atoms with Crippen LogP contribution in [-0.2, 0) is 5.41 Å². The van der Waals surface area contributed by atoms with Crippen LogP contribution in [0.15, 0.2) is 169 Å². The topological polar surface area (TPSA) is 35.0 Å². The molecule has 0 unspecified atom stereocenters. The summed E-state index contributed by atoms with van der Waals surface area (Å²) in [6.07, 6.45) is 4.10. The molecule has 0 radical (unpaired) electrons. The molecule has 3 heterocycles. The summed E-state index contributed by atoms with van der Waals surface area (Å²) in [5.74, 6) is 2.51. The van der Waals surface area contributed by atoms with Crippen molar-refractivity contribution in [2.45, 2.75) is 18.3 Å². The van der Waals surface area contributed by atoms with Crippen molar-refractivity contribution in [3.63, 3.8) is 0 Å². The number of aromatic nitrogens is 2. The molecule has 3 nitrogen and oxygen atoms in total. The first-order valence-corrected chi connectivity index (χ1v) is 18.4. The predicted octanol–water partition coefficient (Wildman–Crippen LogP) is 12.0. The van der Waals surface area contributed by atoms with E-state index in [0.717, 1.165) is 52.4 Å². The molecular formula is C47H30N2OS. The number of benzene rings is 6. The fraction of sp³-hybridized carbons (Fsp3) is 0.0638. The lowest BCUT2D eigenvalue weighted by Crippen LogP contribution is -2.36. The minimum Gasteiger partial charge on any atom is -0.456 e. The van der Waals surface area contributed by atoms with Gasteiger partial charge in [0.15, 0.2) is 5.82 Å². The molecule has 0 amide bonds. The molecule has 2 aliphatic carbocycles. The van der Waals surface area contributed by atoms with Crippen LogP contribution in [0.2, 0.25) is 0 Å². The average molecular weight is 671 g/mol. The normalized spacial score (nSPS) is 15.3. The van der Waals surface area contributed by atoms with Crippen LogP contribution < -0.4 is 4.74 Å². The first kappa shape index (κ1) is 28.7. The van der Waals surface area contributed by atoms with Crippen molar-refractivity contribution in [3.05, 3.63) is 191 Å². The summed E-state index contributed by atoms with van der Waals surface area (Å²) >= 11 is 1.83. The molecule has 240 valence electrons. The van der Waals surface area contributed by atoms with Crippen LogP contribution in [-0.4, -0.2) is 9.97 Å². The Morgan fingerprint density at radius 2 is 1.22 bits per heavy atom. The quantitative estimate of drug-likeness (QED) is 0.188. The second kappa shape index (κ2) is 10.9. The number of thiophene rings is 1. The number of allylic oxidation sites excluding steroid dienone is 3. The van der Waals surface area contributed by atoms with Gasteiger partial charge in [-0.15, -0.1) is 11.3 Å². The van der Waals surface area contributed by atoms with Crippen molar-refractivity contribution in [1.29, 1.82) is 0 Å². The number of ether oxygens (including phenoxy) is 1. The van der Waals surface area contributed by atoms with Crippen molar-refractivity contribution >= 4 is 37.1 Å². The van der Waals surface area contributed by atoms with Gasteiger partial charge in [0, 0.05) is 42.4 Å². The van der Waals surface area contributed by atoms with Crippen molar-refractivity contribution in [3.8, 4) is 39.5 Å². The zero-order chi connectivity index (χ0) is 33.5. The largest absolute Gasteiger partial charge is 0.456 e. The van der Waals surface area contributed by atoms with Crippen molar-refractivity contribution in [1.82, 2.24) is 9.97 Å². The highest BCUT2D eigenvalue weighted by Crippen LogP contribution is 2.62. The monoisotopic (exact) mass is 670 g/mol. The molecular weight excluding hydrogens is 641 g/mol. The summed E-state index contributed by atoms with van der Waals surface area (Å²) in [5.41, 5.74) is 12.1. The number of fused-ring (bicyclic) bond motifs is 11. The molecule has 0 fully saturated rings. The van der Waals surface area contributed by atoms with Crippen LogP contribution in [0.4, 0.5) is 0 Å². The van der Waals surface area contributed by atoms with Crippen LogP contribution in [0.5, 0.6) is 5.75 Å². The molecule has 2 aromatic heterocycles. The van der Waals surface area contributed by atoms with E-state index < -0.39 is 5.41 Å². The lowest BCUT2D eigenvalue weighted by atomic mass is 9.63. The zero-order valence-corrected chi connectivity index (χ0v) is 28.5. The Hall–Kier alpha value is -6.10. The van der Waals surface area contributed by atoms with Gasteiger partial charge in [-0.3, -0.25) is 0 Å². The van der Waals surface area contributed by atoms with Gasteiger partial charge in [-0.1, -0.05) is 133 Å². The van der Waals surface area contributed by atoms with Crippen LogP contribution in [0.1, 0.15) is 35.2 Å². The van der Waals surface area contributed by atoms with E-state index in [1.165, 1.54) is 53.6 Å². The molecule has 0 saturated heterocycles. The van der Waals surface area contributed by atoms with Crippen LogP contribution in [0.25, 0.3) is 59.5 Å². The van der Waals surface area contributed by atoms with Crippen LogP contribution in [0, 0.1) is 0 Å². The molecule has 8 aromatic rings. The van der Waals surface area contributed by atoms with Crippen LogP contribution in [0.3, 0.4) is 0 Å². The highest BCUT2D eigenvalue weighted by Gasteiger charge is 2.52. The fourth-order valence-electron chi connectivity index (χ4n) is 8.75. The smallest absolute Gasteiger partial charge is 0.160 e. The summed E-state index contributed by atoms with van der Waals surface area (Å²) in [6.45, 7) is 0. The van der Waals surface area contributed by atoms with Gasteiger partial charge in [-0.05, 0) is 64.9 Å². The van der Waals surface area contributed by atoms with Gasteiger partial charge in [0.05, 0.1) is 16.8 Å². The van der Waals surface area contributed by atoms with E-state index in [4.69, 9.17) is 14.7 Å². The molecule has 1 aliphatic heterocycles. The molecule has 4 heteroatoms. The maximum absolute atomic E-state index is 7.05. The average Bonchev–Trinajstić information content (AvgIpc) is 3.72. The van der Waals surface area contributed by atoms with Gasteiger partial charge in [-0.25, -0.2) is 9.97 Å². The molecule has 0 N–H and O–H groups in total. The summed E-state index contributed by atoms with van der Waals surface area (Å²) in [6, 6.07) is 54.3. The summed E-state index contributed by atoms with van der Waals surface area (Å²) in [5, 5.41) is 2.57. The number of hydrogen-bond donors (Lipinski definition) is 0. The summed E-state index contributed by atoms with van der Waals surface area (Å²) in [7, 11) is 0.